The van der Waals surface area contributed by atoms with Crippen molar-refractivity contribution < 1.29 is 0 Å². The van der Waals surface area contributed by atoms with Crippen molar-refractivity contribution in [3.8, 4) is 0 Å². The second-order valence-corrected chi connectivity index (χ2v) is 7.41. The molecule has 1 N–H and O–H groups in total. The molecule has 2 heterocycles. The molecule has 1 aliphatic heterocycles. The molecule has 1 aromatic heterocycles. The second kappa shape index (κ2) is 6.44. The third kappa shape index (κ3) is 3.01. The summed E-state index contributed by atoms with van der Waals surface area (Å²) >= 11 is 1.95. The Kier molecular flexibility index (Phi) is 4.61. The SMILES string of the molecule is CCCNC1CCCc2nc(N3CCCC(C)C3)sc21. The van der Waals surface area contributed by atoms with Gasteiger partial charge in [0.1, 0.15) is 0 Å². The Balaban J connectivity index is 1.76. The summed E-state index contributed by atoms with van der Waals surface area (Å²) in [6, 6.07) is 0.562. The smallest absolute Gasteiger partial charge is 0.185 e. The van der Waals surface area contributed by atoms with Crippen molar-refractivity contribution >= 4 is 16.5 Å². The first-order valence-corrected chi connectivity index (χ1v) is 9.07. The van der Waals surface area contributed by atoms with Gasteiger partial charge in [-0.1, -0.05) is 25.2 Å². The first-order chi connectivity index (χ1) is 9.78. The highest BCUT2D eigenvalue weighted by molar-refractivity contribution is 7.15. The number of aryl methyl sites for hydroxylation is 1. The van der Waals surface area contributed by atoms with Gasteiger partial charge in [-0.2, -0.15) is 0 Å². The summed E-state index contributed by atoms with van der Waals surface area (Å²) in [4.78, 5) is 9.02. The summed E-state index contributed by atoms with van der Waals surface area (Å²) in [5.74, 6) is 0.818. The van der Waals surface area contributed by atoms with Gasteiger partial charge < -0.3 is 10.2 Å². The molecule has 0 amide bonds. The fraction of sp³-hybridized carbons (Fsp3) is 0.812. The molecule has 3 rings (SSSR count). The molecule has 1 aromatic rings. The maximum Gasteiger partial charge on any atom is 0.185 e. The van der Waals surface area contributed by atoms with Gasteiger partial charge in [-0.05, 0) is 51.0 Å². The van der Waals surface area contributed by atoms with Crippen LogP contribution < -0.4 is 10.2 Å². The van der Waals surface area contributed by atoms with E-state index in [9.17, 15) is 0 Å². The van der Waals surface area contributed by atoms with Crippen LogP contribution in [0.15, 0.2) is 0 Å². The summed E-state index contributed by atoms with van der Waals surface area (Å²) < 4.78 is 0. The average molecular weight is 293 g/mol. The van der Waals surface area contributed by atoms with Crippen molar-refractivity contribution in [2.45, 2.75) is 58.4 Å². The van der Waals surface area contributed by atoms with Crippen LogP contribution in [0.5, 0.6) is 0 Å². The maximum atomic E-state index is 4.97. The van der Waals surface area contributed by atoms with Gasteiger partial charge in [0, 0.05) is 24.0 Å². The van der Waals surface area contributed by atoms with Gasteiger partial charge in [-0.3, -0.25) is 0 Å². The highest BCUT2D eigenvalue weighted by Gasteiger charge is 2.27. The molecular weight excluding hydrogens is 266 g/mol. The highest BCUT2D eigenvalue weighted by atomic mass is 32.1. The van der Waals surface area contributed by atoms with E-state index >= 15 is 0 Å². The molecule has 1 aliphatic carbocycles. The average Bonchev–Trinajstić information content (AvgIpc) is 2.89. The van der Waals surface area contributed by atoms with Crippen molar-refractivity contribution in [2.24, 2.45) is 5.92 Å². The van der Waals surface area contributed by atoms with Crippen LogP contribution in [0.1, 0.15) is 62.6 Å². The predicted molar refractivity (Wildman–Crippen MR) is 86.7 cm³/mol. The van der Waals surface area contributed by atoms with Crippen molar-refractivity contribution in [3.05, 3.63) is 10.6 Å². The normalized spacial score (nSPS) is 26.6. The molecule has 0 radical (unpaired) electrons. The third-order valence-electron chi connectivity index (χ3n) is 4.51. The maximum absolute atomic E-state index is 4.97. The highest BCUT2D eigenvalue weighted by Crippen LogP contribution is 2.38. The first kappa shape index (κ1) is 14.3. The van der Waals surface area contributed by atoms with Crippen LogP contribution in [-0.4, -0.2) is 24.6 Å². The summed E-state index contributed by atoms with van der Waals surface area (Å²) in [7, 11) is 0. The zero-order chi connectivity index (χ0) is 13.9. The van der Waals surface area contributed by atoms with Crippen molar-refractivity contribution in [2.75, 3.05) is 24.5 Å². The van der Waals surface area contributed by atoms with Gasteiger partial charge in [-0.15, -0.1) is 0 Å². The Hall–Kier alpha value is -0.610. The summed E-state index contributed by atoms with van der Waals surface area (Å²) in [5.41, 5.74) is 1.38. The molecule has 0 saturated carbocycles. The van der Waals surface area contributed by atoms with E-state index in [4.69, 9.17) is 4.98 Å². The Morgan fingerprint density at radius 2 is 2.25 bits per heavy atom. The molecular formula is C16H27N3S. The number of nitrogens with one attached hydrogen (secondary N) is 1. The van der Waals surface area contributed by atoms with Crippen LogP contribution in [0.3, 0.4) is 0 Å². The number of hydrogen-bond acceptors (Lipinski definition) is 4. The van der Waals surface area contributed by atoms with Gasteiger partial charge >= 0.3 is 0 Å². The molecule has 4 heteroatoms. The minimum absolute atomic E-state index is 0.562. The van der Waals surface area contributed by atoms with Gasteiger partial charge in [0.15, 0.2) is 5.13 Å². The molecule has 2 atom stereocenters. The van der Waals surface area contributed by atoms with Crippen LogP contribution in [-0.2, 0) is 6.42 Å². The van der Waals surface area contributed by atoms with E-state index in [0.717, 1.165) is 12.5 Å². The zero-order valence-corrected chi connectivity index (χ0v) is 13.6. The standard InChI is InChI=1S/C16H27N3S/c1-3-9-17-13-7-4-8-14-15(13)20-16(18-14)19-10-5-6-12(2)11-19/h12-13,17H,3-11H2,1-2H3. The predicted octanol–water partition coefficient (Wildman–Crippen LogP) is 3.76. The van der Waals surface area contributed by atoms with Crippen LogP contribution in [0, 0.1) is 5.92 Å². The number of anilines is 1. The van der Waals surface area contributed by atoms with E-state index < -0.39 is 0 Å². The fourth-order valence-electron chi connectivity index (χ4n) is 3.42. The summed E-state index contributed by atoms with van der Waals surface area (Å²) in [6.07, 6.45) is 7.66. The summed E-state index contributed by atoms with van der Waals surface area (Å²) in [5, 5.41) is 4.99. The molecule has 0 aromatic carbocycles. The van der Waals surface area contributed by atoms with Crippen LogP contribution in [0.2, 0.25) is 0 Å². The van der Waals surface area contributed by atoms with Gasteiger partial charge in [0.05, 0.1) is 5.69 Å². The molecule has 20 heavy (non-hydrogen) atoms. The number of piperidine rings is 1. The van der Waals surface area contributed by atoms with E-state index in [1.165, 1.54) is 67.3 Å². The number of hydrogen-bond donors (Lipinski definition) is 1. The molecule has 0 spiro atoms. The lowest BCUT2D eigenvalue weighted by Gasteiger charge is -2.30. The molecule has 112 valence electrons. The molecule has 2 unspecified atom stereocenters. The van der Waals surface area contributed by atoms with E-state index in [-0.39, 0.29) is 0 Å². The molecule has 1 saturated heterocycles. The lowest BCUT2D eigenvalue weighted by molar-refractivity contribution is 0.445. The minimum Gasteiger partial charge on any atom is -0.348 e. The van der Waals surface area contributed by atoms with E-state index in [2.05, 4.69) is 24.1 Å². The van der Waals surface area contributed by atoms with Crippen molar-refractivity contribution in [3.63, 3.8) is 0 Å². The van der Waals surface area contributed by atoms with Crippen LogP contribution in [0.25, 0.3) is 0 Å². The largest absolute Gasteiger partial charge is 0.348 e. The quantitative estimate of drug-likeness (QED) is 0.916. The number of aromatic nitrogens is 1. The van der Waals surface area contributed by atoms with Crippen LogP contribution in [0.4, 0.5) is 5.13 Å². The lowest BCUT2D eigenvalue weighted by Crippen LogP contribution is -2.34. The fourth-order valence-corrected chi connectivity index (χ4v) is 4.67. The number of fused-ring (bicyclic) bond motifs is 1. The topological polar surface area (TPSA) is 28.2 Å². The first-order valence-electron chi connectivity index (χ1n) is 8.26. The van der Waals surface area contributed by atoms with E-state index in [1.807, 2.05) is 11.3 Å². The Labute approximate surface area is 126 Å². The monoisotopic (exact) mass is 293 g/mol. The van der Waals surface area contributed by atoms with Gasteiger partial charge in [0.2, 0.25) is 0 Å². The van der Waals surface area contributed by atoms with Crippen molar-refractivity contribution in [1.82, 2.24) is 10.3 Å². The van der Waals surface area contributed by atoms with Gasteiger partial charge in [-0.25, -0.2) is 4.98 Å². The Morgan fingerprint density at radius 1 is 1.35 bits per heavy atom. The molecule has 3 nitrogen and oxygen atoms in total. The van der Waals surface area contributed by atoms with E-state index in [1.54, 1.807) is 0 Å². The zero-order valence-electron chi connectivity index (χ0n) is 12.8. The number of thiazole rings is 1. The molecule has 1 fully saturated rings. The van der Waals surface area contributed by atoms with Gasteiger partial charge in [0.25, 0.3) is 0 Å². The van der Waals surface area contributed by atoms with E-state index in [0.29, 0.717) is 6.04 Å². The number of rotatable bonds is 4. The minimum atomic E-state index is 0.562. The van der Waals surface area contributed by atoms with Crippen LogP contribution >= 0.6 is 11.3 Å². The summed E-state index contributed by atoms with van der Waals surface area (Å²) in [6.45, 7) is 8.12. The Morgan fingerprint density at radius 3 is 3.05 bits per heavy atom. The Bertz CT molecular complexity index is 443. The third-order valence-corrected chi connectivity index (χ3v) is 5.78. The number of nitrogens with zero attached hydrogens (tertiary/aromatic N) is 2. The van der Waals surface area contributed by atoms with Crippen molar-refractivity contribution in [1.29, 1.82) is 0 Å². The second-order valence-electron chi connectivity index (χ2n) is 6.40. The molecule has 2 aliphatic rings. The lowest BCUT2D eigenvalue weighted by atomic mass is 9.98. The molecule has 0 bridgehead atoms.